The van der Waals surface area contributed by atoms with E-state index in [9.17, 15) is 4.79 Å². The van der Waals surface area contributed by atoms with Crippen molar-refractivity contribution in [3.8, 4) is 11.6 Å². The lowest BCUT2D eigenvalue weighted by atomic mass is 10.3. The molecule has 0 aliphatic heterocycles. The number of carbonyl (C=O) groups is 1. The van der Waals surface area contributed by atoms with Gasteiger partial charge in [-0.05, 0) is 24.2 Å². The van der Waals surface area contributed by atoms with E-state index >= 15 is 0 Å². The van der Waals surface area contributed by atoms with E-state index in [1.807, 2.05) is 37.3 Å². The fraction of sp³-hybridized carbons (Fsp3) is 0.250. The molecule has 1 amide bonds. The highest BCUT2D eigenvalue weighted by Gasteiger charge is 2.14. The number of rotatable bonds is 8. The molecule has 130 valence electrons. The Bertz CT molecular complexity index is 815. The lowest BCUT2D eigenvalue weighted by molar-refractivity contribution is 0.0912. The minimum atomic E-state index is -0.426. The van der Waals surface area contributed by atoms with Gasteiger partial charge in [0.25, 0.3) is 11.8 Å². The van der Waals surface area contributed by atoms with Gasteiger partial charge in [0, 0.05) is 0 Å². The van der Waals surface area contributed by atoms with Crippen LogP contribution in [0.1, 0.15) is 29.1 Å². The van der Waals surface area contributed by atoms with Crippen molar-refractivity contribution in [3.63, 3.8) is 0 Å². The smallest absolute Gasteiger partial charge is 0.290 e. The Labute approximate surface area is 143 Å². The molecule has 0 aliphatic rings. The van der Waals surface area contributed by atoms with Crippen molar-refractivity contribution < 1.29 is 18.8 Å². The summed E-state index contributed by atoms with van der Waals surface area (Å²) in [5, 5.41) is 13.1. The van der Waals surface area contributed by atoms with Crippen LogP contribution in [-0.2, 0) is 13.2 Å². The average molecular weight is 343 g/mol. The molecule has 0 fully saturated rings. The molecule has 0 radical (unpaired) electrons. The number of hydrogen-bond acceptors (Lipinski definition) is 7. The van der Waals surface area contributed by atoms with Crippen molar-refractivity contribution >= 4 is 5.91 Å². The van der Waals surface area contributed by atoms with Crippen LogP contribution < -0.4 is 14.8 Å². The SMILES string of the molecule is CCOc1cc(C(=O)NCc2n[nH]c(COc3ccccc3)n2)on1. The number of ether oxygens (including phenoxy) is 2. The molecule has 2 N–H and O–H groups in total. The number of para-hydroxylation sites is 1. The van der Waals surface area contributed by atoms with Crippen LogP contribution in [0.15, 0.2) is 40.9 Å². The quantitative estimate of drug-likeness (QED) is 0.639. The van der Waals surface area contributed by atoms with Gasteiger partial charge in [-0.2, -0.15) is 5.10 Å². The van der Waals surface area contributed by atoms with E-state index < -0.39 is 5.91 Å². The van der Waals surface area contributed by atoms with E-state index in [0.29, 0.717) is 18.3 Å². The van der Waals surface area contributed by atoms with Crippen LogP contribution in [0.2, 0.25) is 0 Å². The number of aromatic nitrogens is 4. The van der Waals surface area contributed by atoms with Crippen LogP contribution >= 0.6 is 0 Å². The molecule has 0 saturated carbocycles. The molecule has 3 rings (SSSR count). The number of aromatic amines is 1. The minimum absolute atomic E-state index is 0.0617. The first kappa shape index (κ1) is 16.5. The van der Waals surface area contributed by atoms with E-state index in [1.165, 1.54) is 6.07 Å². The average Bonchev–Trinajstić information content (AvgIpc) is 3.29. The van der Waals surface area contributed by atoms with E-state index in [1.54, 1.807) is 0 Å². The monoisotopic (exact) mass is 343 g/mol. The first-order valence-corrected chi connectivity index (χ1v) is 7.70. The highest BCUT2D eigenvalue weighted by Crippen LogP contribution is 2.11. The molecule has 9 heteroatoms. The fourth-order valence-electron chi connectivity index (χ4n) is 1.98. The van der Waals surface area contributed by atoms with E-state index in [2.05, 4.69) is 25.7 Å². The molecule has 0 atom stereocenters. The van der Waals surface area contributed by atoms with Gasteiger partial charge in [0.15, 0.2) is 11.6 Å². The van der Waals surface area contributed by atoms with Gasteiger partial charge in [0.05, 0.1) is 19.2 Å². The number of nitrogens with zero attached hydrogens (tertiary/aromatic N) is 3. The van der Waals surface area contributed by atoms with Gasteiger partial charge in [-0.3, -0.25) is 9.89 Å². The summed E-state index contributed by atoms with van der Waals surface area (Å²) in [5.74, 6) is 1.64. The molecule has 0 bridgehead atoms. The van der Waals surface area contributed by atoms with Gasteiger partial charge >= 0.3 is 0 Å². The Morgan fingerprint density at radius 2 is 2.12 bits per heavy atom. The highest BCUT2D eigenvalue weighted by molar-refractivity contribution is 5.91. The lowest BCUT2D eigenvalue weighted by Gasteiger charge is -2.02. The number of hydrogen-bond donors (Lipinski definition) is 2. The van der Waals surface area contributed by atoms with Gasteiger partial charge in [-0.15, -0.1) is 0 Å². The summed E-state index contributed by atoms with van der Waals surface area (Å²) >= 11 is 0. The molecule has 2 aromatic heterocycles. The normalized spacial score (nSPS) is 10.4. The first-order chi connectivity index (χ1) is 12.2. The maximum atomic E-state index is 12.0. The Morgan fingerprint density at radius 3 is 2.92 bits per heavy atom. The number of nitrogens with one attached hydrogen (secondary N) is 2. The van der Waals surface area contributed by atoms with Gasteiger partial charge < -0.3 is 19.3 Å². The summed E-state index contributed by atoms with van der Waals surface area (Å²) in [6, 6.07) is 10.8. The fourth-order valence-corrected chi connectivity index (χ4v) is 1.98. The van der Waals surface area contributed by atoms with Crippen LogP contribution in [0, 0.1) is 0 Å². The summed E-state index contributed by atoms with van der Waals surface area (Å²) < 4.78 is 15.6. The summed E-state index contributed by atoms with van der Waals surface area (Å²) in [4.78, 5) is 16.2. The standard InChI is InChI=1S/C16H17N5O4/c1-2-23-15-8-12(25-21-15)16(22)17-9-13-18-14(20-19-13)10-24-11-6-4-3-5-7-11/h3-8H,2,9-10H2,1H3,(H,17,22)(H,18,19,20). The third kappa shape index (κ3) is 4.56. The molecule has 9 nitrogen and oxygen atoms in total. The molecule has 25 heavy (non-hydrogen) atoms. The summed E-state index contributed by atoms with van der Waals surface area (Å²) in [7, 11) is 0. The maximum Gasteiger partial charge on any atom is 0.290 e. The second-order valence-corrected chi connectivity index (χ2v) is 4.95. The number of benzene rings is 1. The second kappa shape index (κ2) is 7.95. The Morgan fingerprint density at radius 1 is 1.28 bits per heavy atom. The predicted octanol–water partition coefficient (Wildman–Crippen LogP) is 1.70. The molecule has 3 aromatic rings. The largest absolute Gasteiger partial charge is 0.486 e. The van der Waals surface area contributed by atoms with Gasteiger partial charge in [-0.25, -0.2) is 4.98 Å². The zero-order valence-corrected chi connectivity index (χ0v) is 13.6. The van der Waals surface area contributed by atoms with Crippen LogP contribution in [0.5, 0.6) is 11.6 Å². The Balaban J connectivity index is 1.48. The van der Waals surface area contributed by atoms with E-state index in [0.717, 1.165) is 5.75 Å². The predicted molar refractivity (Wildman–Crippen MR) is 86.0 cm³/mol. The minimum Gasteiger partial charge on any atom is -0.486 e. The number of amides is 1. The van der Waals surface area contributed by atoms with Crippen LogP contribution in [0.25, 0.3) is 0 Å². The Hall–Kier alpha value is -3.36. The van der Waals surface area contributed by atoms with E-state index in [-0.39, 0.29) is 24.8 Å². The lowest BCUT2D eigenvalue weighted by Crippen LogP contribution is -2.23. The summed E-state index contributed by atoms with van der Waals surface area (Å²) in [6.07, 6.45) is 0. The van der Waals surface area contributed by atoms with E-state index in [4.69, 9.17) is 14.0 Å². The third-order valence-corrected chi connectivity index (χ3v) is 3.11. The zero-order valence-electron chi connectivity index (χ0n) is 13.6. The third-order valence-electron chi connectivity index (χ3n) is 3.11. The number of carbonyl (C=O) groups excluding carboxylic acids is 1. The van der Waals surface area contributed by atoms with Crippen molar-refractivity contribution in [1.29, 1.82) is 0 Å². The summed E-state index contributed by atoms with van der Waals surface area (Å²) in [6.45, 7) is 2.66. The summed E-state index contributed by atoms with van der Waals surface area (Å²) in [5.41, 5.74) is 0. The van der Waals surface area contributed by atoms with Crippen molar-refractivity contribution in [2.24, 2.45) is 0 Å². The van der Waals surface area contributed by atoms with Crippen LogP contribution in [-0.4, -0.2) is 32.9 Å². The van der Waals surface area contributed by atoms with Gasteiger partial charge in [-0.1, -0.05) is 18.2 Å². The number of H-pyrrole nitrogens is 1. The highest BCUT2D eigenvalue weighted by atomic mass is 16.5. The molecule has 0 spiro atoms. The van der Waals surface area contributed by atoms with Gasteiger partial charge in [0.2, 0.25) is 5.76 Å². The molecular weight excluding hydrogens is 326 g/mol. The molecule has 0 saturated heterocycles. The van der Waals surface area contributed by atoms with Crippen molar-refractivity contribution in [1.82, 2.24) is 25.7 Å². The van der Waals surface area contributed by atoms with Gasteiger partial charge in [0.1, 0.15) is 12.4 Å². The zero-order chi connectivity index (χ0) is 17.5. The van der Waals surface area contributed by atoms with Crippen LogP contribution in [0.3, 0.4) is 0 Å². The molecule has 1 aromatic carbocycles. The van der Waals surface area contributed by atoms with Crippen molar-refractivity contribution in [2.75, 3.05) is 6.61 Å². The Kier molecular flexibility index (Phi) is 5.25. The molecule has 0 unspecified atom stereocenters. The molecule has 0 aliphatic carbocycles. The topological polar surface area (TPSA) is 115 Å². The van der Waals surface area contributed by atoms with Crippen molar-refractivity contribution in [3.05, 3.63) is 53.8 Å². The second-order valence-electron chi connectivity index (χ2n) is 4.95. The van der Waals surface area contributed by atoms with Crippen LogP contribution in [0.4, 0.5) is 0 Å². The molecular formula is C16H17N5O4. The molecule has 2 heterocycles. The maximum absolute atomic E-state index is 12.0. The van der Waals surface area contributed by atoms with Crippen molar-refractivity contribution in [2.45, 2.75) is 20.1 Å². The first-order valence-electron chi connectivity index (χ1n) is 7.70.